The molecule has 0 fully saturated rings. The first-order chi connectivity index (χ1) is 17.8. The molecular formula is C33H50N2Si4. The molecule has 2 nitrogen and oxygen atoms in total. The van der Waals surface area contributed by atoms with Gasteiger partial charge in [0, 0.05) is 0 Å². The predicted molar refractivity (Wildman–Crippen MR) is 182 cm³/mol. The van der Waals surface area contributed by atoms with Crippen LogP contribution in [0.15, 0.2) is 12.1 Å². The Kier molecular flexibility index (Phi) is 7.98. The number of hydrogen-bond acceptors (Lipinski definition) is 2. The number of pyridine rings is 2. The van der Waals surface area contributed by atoms with Crippen LogP contribution in [-0.2, 0) is 18.3 Å². The summed E-state index contributed by atoms with van der Waals surface area (Å²) in [6.45, 7) is 28.6. The standard InChI is InChI=1S/C33H50N2Si4/c1-36(2,3)21-17-27-29(38(7,8)9)23-25-15-13-19-33(31(25)34-27)20-14-16-26-24-30(39(10,11)12)28(35-32(26)33)18-22-37(4,5)6/h23-24H,13-16,19-20H2,1-12H3. The van der Waals surface area contributed by atoms with Crippen LogP contribution in [0.5, 0.6) is 0 Å². The first-order valence-corrected chi connectivity index (χ1v) is 29.0. The van der Waals surface area contributed by atoms with Crippen molar-refractivity contribution < 1.29 is 0 Å². The van der Waals surface area contributed by atoms with Crippen molar-refractivity contribution in [3.05, 3.63) is 46.0 Å². The molecule has 1 spiro atoms. The van der Waals surface area contributed by atoms with E-state index in [9.17, 15) is 0 Å². The third kappa shape index (κ3) is 6.62. The van der Waals surface area contributed by atoms with Gasteiger partial charge in [-0.2, -0.15) is 0 Å². The molecule has 0 atom stereocenters. The van der Waals surface area contributed by atoms with Gasteiger partial charge in [-0.15, -0.1) is 11.1 Å². The van der Waals surface area contributed by atoms with E-state index < -0.39 is 32.3 Å². The summed E-state index contributed by atoms with van der Waals surface area (Å²) in [5.41, 5.74) is 14.8. The highest BCUT2D eigenvalue weighted by molar-refractivity contribution is 6.89. The van der Waals surface area contributed by atoms with Gasteiger partial charge in [0.2, 0.25) is 0 Å². The Morgan fingerprint density at radius 3 is 1.26 bits per heavy atom. The molecular weight excluding hydrogens is 537 g/mol. The fourth-order valence-electron chi connectivity index (χ4n) is 6.02. The maximum absolute atomic E-state index is 5.57. The average molecular weight is 587 g/mol. The minimum atomic E-state index is -1.61. The summed E-state index contributed by atoms with van der Waals surface area (Å²) in [7, 11) is -6.27. The molecule has 0 aromatic carbocycles. The largest absolute Gasteiger partial charge is 0.243 e. The molecule has 2 aromatic rings. The smallest absolute Gasteiger partial charge is 0.129 e. The van der Waals surface area contributed by atoms with E-state index in [0.29, 0.717) is 0 Å². The third-order valence-electron chi connectivity index (χ3n) is 7.94. The van der Waals surface area contributed by atoms with Gasteiger partial charge >= 0.3 is 0 Å². The molecule has 0 bridgehead atoms. The van der Waals surface area contributed by atoms with Crippen molar-refractivity contribution in [3.63, 3.8) is 0 Å². The van der Waals surface area contributed by atoms with Crippen LogP contribution in [0.2, 0.25) is 78.6 Å². The average Bonchev–Trinajstić information content (AvgIpc) is 2.79. The van der Waals surface area contributed by atoms with Gasteiger partial charge in [-0.25, -0.2) is 9.97 Å². The molecule has 0 aliphatic heterocycles. The van der Waals surface area contributed by atoms with Crippen LogP contribution in [-0.4, -0.2) is 42.3 Å². The minimum absolute atomic E-state index is 0.109. The van der Waals surface area contributed by atoms with E-state index in [1.54, 1.807) is 0 Å². The monoisotopic (exact) mass is 586 g/mol. The van der Waals surface area contributed by atoms with Gasteiger partial charge in [-0.05, 0) is 60.0 Å². The fraction of sp³-hybridized carbons (Fsp3) is 0.576. The van der Waals surface area contributed by atoms with Gasteiger partial charge in [-0.3, -0.25) is 0 Å². The summed E-state index contributed by atoms with van der Waals surface area (Å²) in [5, 5.41) is 2.87. The molecule has 208 valence electrons. The topological polar surface area (TPSA) is 25.8 Å². The Morgan fingerprint density at radius 1 is 0.590 bits per heavy atom. The Morgan fingerprint density at radius 2 is 0.949 bits per heavy atom. The zero-order valence-corrected chi connectivity index (χ0v) is 30.8. The number of fused-ring (bicyclic) bond motifs is 4. The first-order valence-electron chi connectivity index (χ1n) is 15.0. The Bertz CT molecular complexity index is 1300. The van der Waals surface area contributed by atoms with Crippen LogP contribution < -0.4 is 10.4 Å². The van der Waals surface area contributed by atoms with Crippen LogP contribution in [0.1, 0.15) is 59.6 Å². The van der Waals surface area contributed by atoms with E-state index >= 15 is 0 Å². The Labute approximate surface area is 243 Å². The van der Waals surface area contributed by atoms with Crippen LogP contribution in [0.3, 0.4) is 0 Å². The molecule has 0 unspecified atom stereocenters. The van der Waals surface area contributed by atoms with E-state index in [0.717, 1.165) is 37.1 Å². The molecule has 4 rings (SSSR count). The Hall–Kier alpha value is -1.71. The highest BCUT2D eigenvalue weighted by Crippen LogP contribution is 2.48. The zero-order chi connectivity index (χ0) is 29.0. The van der Waals surface area contributed by atoms with Gasteiger partial charge in [0.25, 0.3) is 0 Å². The van der Waals surface area contributed by atoms with Crippen molar-refractivity contribution in [2.45, 2.75) is 123 Å². The van der Waals surface area contributed by atoms with Gasteiger partial charge in [-0.1, -0.05) is 103 Å². The number of hydrogen-bond donors (Lipinski definition) is 0. The summed E-state index contributed by atoms with van der Waals surface area (Å²) in [4.78, 5) is 11.1. The first kappa shape index (κ1) is 30.3. The van der Waals surface area contributed by atoms with Gasteiger partial charge in [0.05, 0.1) is 33.0 Å². The van der Waals surface area contributed by atoms with Crippen molar-refractivity contribution in [2.75, 3.05) is 0 Å². The number of rotatable bonds is 2. The second-order valence-electron chi connectivity index (χ2n) is 16.1. The van der Waals surface area contributed by atoms with Crippen LogP contribution in [0, 0.1) is 22.9 Å². The molecule has 6 heteroatoms. The zero-order valence-electron chi connectivity index (χ0n) is 26.8. The molecule has 0 saturated carbocycles. The molecule has 2 aliphatic carbocycles. The number of aryl methyl sites for hydroxylation is 2. The van der Waals surface area contributed by atoms with Crippen molar-refractivity contribution in [1.29, 1.82) is 0 Å². The lowest BCUT2D eigenvalue weighted by Gasteiger charge is -2.43. The van der Waals surface area contributed by atoms with E-state index in [1.165, 1.54) is 45.7 Å². The molecule has 2 heterocycles. The van der Waals surface area contributed by atoms with E-state index in [-0.39, 0.29) is 5.41 Å². The third-order valence-corrected chi connectivity index (χ3v) is 13.7. The molecule has 2 aromatic heterocycles. The number of aromatic nitrogens is 2. The van der Waals surface area contributed by atoms with Crippen molar-refractivity contribution >= 4 is 42.7 Å². The lowest BCUT2D eigenvalue weighted by molar-refractivity contribution is 0.348. The second-order valence-corrected chi connectivity index (χ2v) is 35.7. The van der Waals surface area contributed by atoms with Crippen LogP contribution in [0.4, 0.5) is 0 Å². The van der Waals surface area contributed by atoms with Crippen molar-refractivity contribution in [1.82, 2.24) is 9.97 Å². The fourth-order valence-corrected chi connectivity index (χ4v) is 9.88. The normalized spacial score (nSPS) is 16.9. The summed E-state index contributed by atoms with van der Waals surface area (Å²) in [5.74, 6) is 7.27. The molecule has 2 aliphatic rings. The van der Waals surface area contributed by atoms with Crippen molar-refractivity contribution in [2.24, 2.45) is 0 Å². The second kappa shape index (κ2) is 10.3. The Balaban J connectivity index is 2.01. The van der Waals surface area contributed by atoms with Gasteiger partial charge in [0.15, 0.2) is 0 Å². The maximum atomic E-state index is 5.57. The van der Waals surface area contributed by atoms with Crippen LogP contribution >= 0.6 is 0 Å². The highest BCUT2D eigenvalue weighted by Gasteiger charge is 2.45. The molecule has 0 N–H and O–H groups in total. The van der Waals surface area contributed by atoms with Crippen molar-refractivity contribution in [3.8, 4) is 22.9 Å². The molecule has 0 radical (unpaired) electrons. The quantitative estimate of drug-likeness (QED) is 0.280. The maximum Gasteiger partial charge on any atom is 0.129 e. The summed E-state index contributed by atoms with van der Waals surface area (Å²) in [6.07, 6.45) is 6.90. The highest BCUT2D eigenvalue weighted by atomic mass is 28.3. The van der Waals surface area contributed by atoms with Gasteiger partial charge < -0.3 is 0 Å². The number of nitrogens with zero attached hydrogens (tertiary/aromatic N) is 2. The summed E-state index contributed by atoms with van der Waals surface area (Å²) >= 11 is 0. The minimum Gasteiger partial charge on any atom is -0.243 e. The summed E-state index contributed by atoms with van der Waals surface area (Å²) in [6, 6.07) is 5.06. The van der Waals surface area contributed by atoms with E-state index in [2.05, 4.69) is 114 Å². The lowest BCUT2D eigenvalue weighted by atomic mass is 9.64. The predicted octanol–water partition coefficient (Wildman–Crippen LogP) is 6.98. The lowest BCUT2D eigenvalue weighted by Crippen LogP contribution is -2.46. The molecule has 39 heavy (non-hydrogen) atoms. The van der Waals surface area contributed by atoms with E-state index in [4.69, 9.17) is 9.97 Å². The van der Waals surface area contributed by atoms with Crippen LogP contribution in [0.25, 0.3) is 0 Å². The van der Waals surface area contributed by atoms with E-state index in [1.807, 2.05) is 0 Å². The molecule has 0 saturated heterocycles. The van der Waals surface area contributed by atoms with Gasteiger partial charge in [0.1, 0.15) is 27.5 Å². The SMILES string of the molecule is C[Si](C)(C)C#Cc1nc2c(cc1[Si](C)(C)C)CCCC21CCCc2cc([Si](C)(C)C)c(C#C[Si](C)(C)C)nc21. The molecule has 0 amide bonds. The summed E-state index contributed by atoms with van der Waals surface area (Å²) < 4.78 is 0.